The van der Waals surface area contributed by atoms with E-state index in [0.717, 1.165) is 16.9 Å². The van der Waals surface area contributed by atoms with Gasteiger partial charge in [0.05, 0.1) is 4.88 Å². The van der Waals surface area contributed by atoms with Gasteiger partial charge in [0, 0.05) is 23.1 Å². The summed E-state index contributed by atoms with van der Waals surface area (Å²) in [6.45, 7) is 2.50. The molecule has 1 amide bonds. The highest BCUT2D eigenvalue weighted by atomic mass is 32.2. The van der Waals surface area contributed by atoms with Crippen LogP contribution in [0.15, 0.2) is 15.8 Å². The van der Waals surface area contributed by atoms with E-state index in [1.165, 1.54) is 23.1 Å². The molecule has 1 aliphatic heterocycles. The van der Waals surface area contributed by atoms with Gasteiger partial charge >= 0.3 is 11.9 Å². The van der Waals surface area contributed by atoms with E-state index >= 15 is 0 Å². The molecular weight excluding hydrogens is 458 g/mol. The number of hydrogen-bond donors (Lipinski definition) is 6. The summed E-state index contributed by atoms with van der Waals surface area (Å²) < 4.78 is 0. The second kappa shape index (κ2) is 10.0. The lowest BCUT2D eigenvalue weighted by Crippen LogP contribution is -2.40. The van der Waals surface area contributed by atoms with Crippen LogP contribution >= 0.6 is 23.1 Å². The van der Waals surface area contributed by atoms with E-state index in [0.29, 0.717) is 28.6 Å². The number of fused-ring (bicyclic) bond motifs is 1. The smallest absolute Gasteiger partial charge is 0.326 e. The Balaban J connectivity index is 1.60. The number of carboxylic acids is 2. The molecule has 0 radical (unpaired) electrons. The highest BCUT2D eigenvalue weighted by Gasteiger charge is 2.25. The van der Waals surface area contributed by atoms with Crippen LogP contribution in [-0.2, 0) is 16.0 Å². The monoisotopic (exact) mass is 481 g/mol. The van der Waals surface area contributed by atoms with E-state index in [-0.39, 0.29) is 29.6 Å². The van der Waals surface area contributed by atoms with Gasteiger partial charge in [-0.15, -0.1) is 23.1 Å². The molecule has 3 heterocycles. The molecule has 0 aliphatic carbocycles. The number of carbonyl (C=O) groups is 3. The lowest BCUT2D eigenvalue weighted by Gasteiger charge is -2.24. The van der Waals surface area contributed by atoms with Crippen LogP contribution in [0.1, 0.15) is 39.4 Å². The van der Waals surface area contributed by atoms with Crippen molar-refractivity contribution in [2.75, 3.05) is 17.6 Å². The number of aryl methyl sites for hydroxylation is 2. The topological polar surface area (TPSA) is 188 Å². The fraction of sp³-hybridized carbons (Fsp3) is 0.421. The van der Waals surface area contributed by atoms with Crippen LogP contribution in [0.25, 0.3) is 0 Å². The number of aliphatic carboxylic acids is 2. The summed E-state index contributed by atoms with van der Waals surface area (Å²) in [5.74, 6) is -2.40. The number of carbonyl (C=O) groups excluding carboxylic acids is 1. The first-order valence-corrected chi connectivity index (χ1v) is 11.5. The van der Waals surface area contributed by atoms with Crippen LogP contribution in [0.4, 0.5) is 11.8 Å². The maximum Gasteiger partial charge on any atom is 0.326 e. The molecule has 2 aromatic heterocycles. The van der Waals surface area contributed by atoms with E-state index in [2.05, 4.69) is 20.6 Å². The van der Waals surface area contributed by atoms with Gasteiger partial charge in [-0.25, -0.2) is 4.79 Å². The molecule has 1 aliphatic rings. The molecule has 2 aromatic rings. The number of rotatable bonds is 9. The number of aromatic nitrogens is 2. The molecule has 32 heavy (non-hydrogen) atoms. The van der Waals surface area contributed by atoms with Crippen LogP contribution in [0.5, 0.6) is 0 Å². The highest BCUT2D eigenvalue weighted by Crippen LogP contribution is 2.34. The fourth-order valence-electron chi connectivity index (χ4n) is 3.22. The maximum atomic E-state index is 12.5. The van der Waals surface area contributed by atoms with Crippen molar-refractivity contribution < 1.29 is 24.6 Å². The molecule has 0 unspecified atom stereocenters. The molecule has 172 valence electrons. The van der Waals surface area contributed by atoms with Crippen LogP contribution in [0.2, 0.25) is 0 Å². The molecule has 0 saturated heterocycles. The first-order valence-electron chi connectivity index (χ1n) is 9.79. The average molecular weight is 482 g/mol. The first-order chi connectivity index (χ1) is 15.1. The molecule has 0 aromatic carbocycles. The fourth-order valence-corrected chi connectivity index (χ4v) is 5.43. The number of nitrogens with two attached hydrogens (primary N) is 1. The van der Waals surface area contributed by atoms with Crippen molar-refractivity contribution in [3.05, 3.63) is 31.7 Å². The first kappa shape index (κ1) is 23.6. The summed E-state index contributed by atoms with van der Waals surface area (Å²) in [6.07, 6.45) is 0.883. The number of nitrogen functional groups attached to an aromatic ring is 1. The Morgan fingerprint density at radius 2 is 2.12 bits per heavy atom. The number of amides is 1. The molecule has 0 bridgehead atoms. The van der Waals surface area contributed by atoms with Gasteiger partial charge in [-0.3, -0.25) is 19.4 Å². The van der Waals surface area contributed by atoms with Crippen molar-refractivity contribution in [2.24, 2.45) is 0 Å². The predicted octanol–water partition coefficient (Wildman–Crippen LogP) is 1.29. The summed E-state index contributed by atoms with van der Waals surface area (Å²) in [5, 5.41) is 23.6. The Kier molecular flexibility index (Phi) is 7.40. The van der Waals surface area contributed by atoms with Gasteiger partial charge in [0.15, 0.2) is 0 Å². The minimum absolute atomic E-state index is 0.0633. The lowest BCUT2D eigenvalue weighted by atomic mass is 10.1. The molecule has 13 heteroatoms. The Labute approximate surface area is 190 Å². The molecule has 0 spiro atoms. The number of nitrogens with zero attached hydrogens (tertiary/aromatic N) is 1. The Bertz CT molecular complexity index is 1100. The second-order valence-electron chi connectivity index (χ2n) is 7.30. The number of thioether (sulfide) groups is 1. The minimum atomic E-state index is -1.28. The summed E-state index contributed by atoms with van der Waals surface area (Å²) in [7, 11) is 0. The van der Waals surface area contributed by atoms with Crippen LogP contribution in [0.3, 0.4) is 0 Å². The quantitative estimate of drug-likeness (QED) is 0.304. The zero-order chi connectivity index (χ0) is 23.4. The minimum Gasteiger partial charge on any atom is -0.481 e. The van der Waals surface area contributed by atoms with Gasteiger partial charge in [0.1, 0.15) is 16.8 Å². The zero-order valence-electron chi connectivity index (χ0n) is 17.1. The van der Waals surface area contributed by atoms with Gasteiger partial charge in [0.2, 0.25) is 5.95 Å². The number of thiophene rings is 1. The Hall–Kier alpha value is -3.06. The third-order valence-corrected chi connectivity index (χ3v) is 7.51. The highest BCUT2D eigenvalue weighted by molar-refractivity contribution is 8.00. The summed E-state index contributed by atoms with van der Waals surface area (Å²) >= 11 is 2.71. The van der Waals surface area contributed by atoms with E-state index in [9.17, 15) is 24.3 Å². The van der Waals surface area contributed by atoms with Gasteiger partial charge in [-0.1, -0.05) is 0 Å². The van der Waals surface area contributed by atoms with Crippen molar-refractivity contribution in [3.8, 4) is 0 Å². The van der Waals surface area contributed by atoms with Gasteiger partial charge in [-0.2, -0.15) is 4.98 Å². The normalized spacial score (nSPS) is 16.0. The molecule has 2 atom stereocenters. The second-order valence-corrected chi connectivity index (χ2v) is 9.75. The summed E-state index contributed by atoms with van der Waals surface area (Å²) in [6, 6.07) is 0.430. The maximum absolute atomic E-state index is 12.5. The van der Waals surface area contributed by atoms with Gasteiger partial charge < -0.3 is 26.6 Å². The third kappa shape index (κ3) is 5.79. The van der Waals surface area contributed by atoms with E-state index in [1.807, 2.05) is 6.92 Å². The zero-order valence-corrected chi connectivity index (χ0v) is 18.8. The molecule has 7 N–H and O–H groups in total. The SMILES string of the molecule is Cc1cc(C(=O)N[C@@H](CCC(=O)O)C(=O)O)sc1CC[C@@H]1CNc2nc(N)[nH]c(=O)c2S1. The number of aromatic amines is 1. The molecule has 11 nitrogen and oxygen atoms in total. The number of carboxylic acid groups (broad SMARTS) is 2. The van der Waals surface area contributed by atoms with Gasteiger partial charge in [-0.05, 0) is 37.8 Å². The van der Waals surface area contributed by atoms with Gasteiger partial charge in [0.25, 0.3) is 11.5 Å². The average Bonchev–Trinajstić information content (AvgIpc) is 3.10. The van der Waals surface area contributed by atoms with E-state index in [4.69, 9.17) is 10.8 Å². The number of anilines is 2. The van der Waals surface area contributed by atoms with Crippen LogP contribution in [-0.4, -0.2) is 55.9 Å². The standard InChI is InChI=1S/C19H23N5O6S2/c1-8-6-12(16(27)22-10(18(29)30)3-5-13(25)26)32-11(8)4-2-9-7-21-15-14(31-9)17(28)24-19(20)23-15/h6,9-10H,2-5,7H2,1H3,(H,22,27)(H,25,26)(H,29,30)(H4,20,21,23,24,28)/t9-,10+/m1/s1. The molecule has 0 saturated carbocycles. The van der Waals surface area contributed by atoms with Crippen molar-refractivity contribution in [1.29, 1.82) is 0 Å². The third-order valence-electron chi connectivity index (χ3n) is 4.86. The molecule has 3 rings (SSSR count). The van der Waals surface area contributed by atoms with Crippen LogP contribution < -0.4 is 21.9 Å². The lowest BCUT2D eigenvalue weighted by molar-refractivity contribution is -0.140. The summed E-state index contributed by atoms with van der Waals surface area (Å²) in [4.78, 5) is 55.1. The summed E-state index contributed by atoms with van der Waals surface area (Å²) in [5.41, 5.74) is 6.20. The Morgan fingerprint density at radius 3 is 2.81 bits per heavy atom. The Morgan fingerprint density at radius 1 is 1.38 bits per heavy atom. The predicted molar refractivity (Wildman–Crippen MR) is 121 cm³/mol. The van der Waals surface area contributed by atoms with Crippen LogP contribution in [0, 0.1) is 6.92 Å². The van der Waals surface area contributed by atoms with Crippen molar-refractivity contribution >= 4 is 52.7 Å². The molecule has 0 fully saturated rings. The molecular formula is C19H23N5O6S2. The number of H-pyrrole nitrogens is 1. The number of hydrogen-bond acceptors (Lipinski definition) is 9. The van der Waals surface area contributed by atoms with Crippen molar-refractivity contribution in [1.82, 2.24) is 15.3 Å². The van der Waals surface area contributed by atoms with E-state index < -0.39 is 23.9 Å². The largest absolute Gasteiger partial charge is 0.481 e. The van der Waals surface area contributed by atoms with Crippen molar-refractivity contribution in [2.45, 2.75) is 48.8 Å². The number of nitrogens with one attached hydrogen (secondary N) is 3. The van der Waals surface area contributed by atoms with E-state index in [1.54, 1.807) is 6.07 Å². The van der Waals surface area contributed by atoms with Crippen molar-refractivity contribution in [3.63, 3.8) is 0 Å².